The number of thioether (sulfide) groups is 1. The molecule has 0 saturated carbocycles. The van der Waals surface area contributed by atoms with Crippen molar-refractivity contribution < 1.29 is 0 Å². The molecule has 2 rings (SSSR count). The van der Waals surface area contributed by atoms with Gasteiger partial charge in [-0.2, -0.15) is 0 Å². The molecule has 0 saturated heterocycles. The van der Waals surface area contributed by atoms with E-state index >= 15 is 0 Å². The summed E-state index contributed by atoms with van der Waals surface area (Å²) in [6.07, 6.45) is 2.34. The van der Waals surface area contributed by atoms with Crippen LogP contribution in [0.25, 0.3) is 0 Å². The van der Waals surface area contributed by atoms with E-state index < -0.39 is 0 Å². The van der Waals surface area contributed by atoms with Crippen molar-refractivity contribution in [3.8, 4) is 0 Å². The van der Waals surface area contributed by atoms with Gasteiger partial charge in [-0.25, -0.2) is 0 Å². The van der Waals surface area contributed by atoms with Gasteiger partial charge in [-0.05, 0) is 42.9 Å². The van der Waals surface area contributed by atoms with Gasteiger partial charge in [0.15, 0.2) is 0 Å². The molecule has 1 nitrogen and oxygen atoms in total. The van der Waals surface area contributed by atoms with Gasteiger partial charge in [-0.3, -0.25) is 0 Å². The molecule has 0 fully saturated rings. The minimum Gasteiger partial charge on any atom is -0.379 e. The van der Waals surface area contributed by atoms with E-state index in [-0.39, 0.29) is 0 Å². The Morgan fingerprint density at radius 3 is 2.58 bits per heavy atom. The zero-order valence-corrected chi connectivity index (χ0v) is 13.2. The van der Waals surface area contributed by atoms with Crippen LogP contribution in [0.2, 0.25) is 0 Å². The first-order valence-corrected chi connectivity index (χ1v) is 8.67. The van der Waals surface area contributed by atoms with Crippen LogP contribution in [0.1, 0.15) is 30.0 Å². The molecule has 0 unspecified atom stereocenters. The maximum absolute atomic E-state index is 3.57. The van der Waals surface area contributed by atoms with Crippen molar-refractivity contribution in [2.24, 2.45) is 0 Å². The van der Waals surface area contributed by atoms with Crippen LogP contribution < -0.4 is 5.32 Å². The Hall–Kier alpha value is -0.930. The number of anilines is 1. The van der Waals surface area contributed by atoms with Crippen molar-refractivity contribution in [2.45, 2.75) is 38.1 Å². The largest absolute Gasteiger partial charge is 0.379 e. The van der Waals surface area contributed by atoms with Crippen LogP contribution >= 0.6 is 23.1 Å². The molecule has 1 heterocycles. The van der Waals surface area contributed by atoms with Gasteiger partial charge in [0.25, 0.3) is 0 Å². The van der Waals surface area contributed by atoms with Crippen LogP contribution in [-0.2, 0) is 13.0 Å². The standard InChI is InChI=1S/C16H21NS2/c1-3-11-18-16-8-6-5-7-15(16)17-12-14-10-9-13(4-2)19-14/h5-10,17H,3-4,11-12H2,1-2H3. The average Bonchev–Trinajstić information content (AvgIpc) is 2.91. The minimum absolute atomic E-state index is 0.925. The molecule has 0 aliphatic rings. The molecule has 0 bridgehead atoms. The quantitative estimate of drug-likeness (QED) is 0.683. The first kappa shape index (κ1) is 14.5. The number of aryl methyl sites for hydroxylation is 1. The van der Waals surface area contributed by atoms with E-state index in [1.807, 2.05) is 23.1 Å². The third-order valence-corrected chi connectivity index (χ3v) is 5.38. The van der Waals surface area contributed by atoms with Crippen molar-refractivity contribution >= 4 is 28.8 Å². The van der Waals surface area contributed by atoms with E-state index in [1.165, 1.54) is 32.5 Å². The van der Waals surface area contributed by atoms with Gasteiger partial charge < -0.3 is 5.32 Å². The van der Waals surface area contributed by atoms with Crippen LogP contribution in [0.3, 0.4) is 0 Å². The highest BCUT2D eigenvalue weighted by molar-refractivity contribution is 7.99. The summed E-state index contributed by atoms with van der Waals surface area (Å²) in [5, 5.41) is 3.57. The van der Waals surface area contributed by atoms with Gasteiger partial charge in [0.2, 0.25) is 0 Å². The van der Waals surface area contributed by atoms with Crippen molar-refractivity contribution in [1.82, 2.24) is 0 Å². The number of rotatable bonds is 7. The second kappa shape index (κ2) is 7.61. The van der Waals surface area contributed by atoms with E-state index in [1.54, 1.807) is 0 Å². The second-order valence-corrected chi connectivity index (χ2v) is 6.81. The number of nitrogens with one attached hydrogen (secondary N) is 1. The predicted molar refractivity (Wildman–Crippen MR) is 88.5 cm³/mol. The molecule has 0 atom stereocenters. The second-order valence-electron chi connectivity index (χ2n) is 4.42. The minimum atomic E-state index is 0.925. The Kier molecular flexibility index (Phi) is 5.80. The summed E-state index contributed by atoms with van der Waals surface area (Å²) >= 11 is 3.84. The van der Waals surface area contributed by atoms with Crippen molar-refractivity contribution in [3.63, 3.8) is 0 Å². The number of hydrogen-bond donors (Lipinski definition) is 1. The number of thiophene rings is 1. The maximum atomic E-state index is 3.57. The maximum Gasteiger partial charge on any atom is 0.0494 e. The highest BCUT2D eigenvalue weighted by Gasteiger charge is 2.03. The average molecular weight is 291 g/mol. The van der Waals surface area contributed by atoms with Gasteiger partial charge in [-0.1, -0.05) is 26.0 Å². The van der Waals surface area contributed by atoms with Crippen LogP contribution in [0.15, 0.2) is 41.3 Å². The molecule has 19 heavy (non-hydrogen) atoms. The molecule has 1 N–H and O–H groups in total. The summed E-state index contributed by atoms with van der Waals surface area (Å²) in [7, 11) is 0. The fourth-order valence-electron chi connectivity index (χ4n) is 1.84. The molecular formula is C16H21NS2. The lowest BCUT2D eigenvalue weighted by molar-refractivity contribution is 1.10. The molecule has 3 heteroatoms. The zero-order valence-electron chi connectivity index (χ0n) is 11.6. The molecule has 2 aromatic rings. The fraction of sp³-hybridized carbons (Fsp3) is 0.375. The third-order valence-electron chi connectivity index (χ3n) is 2.87. The molecule has 0 spiro atoms. The van der Waals surface area contributed by atoms with E-state index in [4.69, 9.17) is 0 Å². The summed E-state index contributed by atoms with van der Waals surface area (Å²) in [5.74, 6) is 1.18. The Bertz CT molecular complexity index is 505. The molecular weight excluding hydrogens is 270 g/mol. The van der Waals surface area contributed by atoms with Crippen LogP contribution in [-0.4, -0.2) is 5.75 Å². The lowest BCUT2D eigenvalue weighted by Gasteiger charge is -2.10. The number of para-hydroxylation sites is 1. The number of benzene rings is 1. The third kappa shape index (κ3) is 4.29. The lowest BCUT2D eigenvalue weighted by atomic mass is 10.3. The van der Waals surface area contributed by atoms with Gasteiger partial charge in [0.05, 0.1) is 0 Å². The first-order chi connectivity index (χ1) is 9.33. The molecule has 0 aliphatic carbocycles. The fourth-order valence-corrected chi connectivity index (χ4v) is 3.63. The summed E-state index contributed by atoms with van der Waals surface area (Å²) in [5.41, 5.74) is 1.26. The van der Waals surface area contributed by atoms with Gasteiger partial charge in [0, 0.05) is 26.9 Å². The highest BCUT2D eigenvalue weighted by atomic mass is 32.2. The molecule has 0 radical (unpaired) electrons. The zero-order chi connectivity index (χ0) is 13.5. The molecule has 0 amide bonds. The summed E-state index contributed by atoms with van der Waals surface area (Å²) in [6, 6.07) is 13.1. The molecule has 1 aromatic heterocycles. The van der Waals surface area contributed by atoms with E-state index in [9.17, 15) is 0 Å². The SMILES string of the molecule is CCCSc1ccccc1NCc1ccc(CC)s1. The van der Waals surface area contributed by atoms with E-state index in [0.717, 1.165) is 13.0 Å². The molecule has 1 aromatic carbocycles. The summed E-state index contributed by atoms with van der Waals surface area (Å²) in [6.45, 7) is 5.36. The number of hydrogen-bond acceptors (Lipinski definition) is 3. The van der Waals surface area contributed by atoms with Gasteiger partial charge >= 0.3 is 0 Å². The normalized spacial score (nSPS) is 10.6. The van der Waals surface area contributed by atoms with Crippen molar-refractivity contribution in [1.29, 1.82) is 0 Å². The summed E-state index contributed by atoms with van der Waals surface area (Å²) in [4.78, 5) is 4.23. The topological polar surface area (TPSA) is 12.0 Å². The van der Waals surface area contributed by atoms with Gasteiger partial charge in [-0.15, -0.1) is 23.1 Å². The Morgan fingerprint density at radius 2 is 1.84 bits per heavy atom. The highest BCUT2D eigenvalue weighted by Crippen LogP contribution is 2.28. The lowest BCUT2D eigenvalue weighted by Crippen LogP contribution is -1.98. The van der Waals surface area contributed by atoms with Gasteiger partial charge in [0.1, 0.15) is 0 Å². The molecule has 0 aliphatic heterocycles. The van der Waals surface area contributed by atoms with E-state index in [0.29, 0.717) is 0 Å². The van der Waals surface area contributed by atoms with Crippen molar-refractivity contribution in [2.75, 3.05) is 11.1 Å². The van der Waals surface area contributed by atoms with Crippen LogP contribution in [0.5, 0.6) is 0 Å². The monoisotopic (exact) mass is 291 g/mol. The van der Waals surface area contributed by atoms with E-state index in [2.05, 4.69) is 55.6 Å². The smallest absolute Gasteiger partial charge is 0.0494 e. The van der Waals surface area contributed by atoms with Crippen LogP contribution in [0.4, 0.5) is 5.69 Å². The Balaban J connectivity index is 1.98. The Labute approximate surface area is 124 Å². The van der Waals surface area contributed by atoms with Crippen molar-refractivity contribution in [3.05, 3.63) is 46.2 Å². The molecule has 102 valence electrons. The van der Waals surface area contributed by atoms with Crippen LogP contribution in [0, 0.1) is 0 Å². The Morgan fingerprint density at radius 1 is 1.05 bits per heavy atom. The predicted octanol–water partition coefficient (Wildman–Crippen LogP) is 5.42. The first-order valence-electron chi connectivity index (χ1n) is 6.86. The summed E-state index contributed by atoms with van der Waals surface area (Å²) < 4.78 is 0.